The fraction of sp³-hybridized carbons (Fsp3) is 0.958. The molecule has 14 N–H and O–H groups in total. The van der Waals surface area contributed by atoms with Gasteiger partial charge in [-0.25, -0.2) is 4.79 Å². The molecule has 46 heavy (non-hydrogen) atoms. The first-order valence-corrected chi connectivity index (χ1v) is 14.1. The van der Waals surface area contributed by atoms with Crippen molar-refractivity contribution in [3.8, 4) is 0 Å². The van der Waals surface area contributed by atoms with Crippen LogP contribution in [0.4, 0.5) is 0 Å². The van der Waals surface area contributed by atoms with Gasteiger partial charge in [-0.2, -0.15) is 0 Å². The van der Waals surface area contributed by atoms with E-state index >= 15 is 0 Å². The summed E-state index contributed by atoms with van der Waals surface area (Å²) in [6.45, 7) is -2.58. The Morgan fingerprint density at radius 1 is 0.500 bits per heavy atom. The second-order valence-corrected chi connectivity index (χ2v) is 11.2. The highest BCUT2D eigenvalue weighted by Crippen LogP contribution is 2.33. The second kappa shape index (κ2) is 15.5. The van der Waals surface area contributed by atoms with Crippen LogP contribution in [0.5, 0.6) is 0 Å². The van der Waals surface area contributed by atoms with Crippen LogP contribution < -0.4 is 0 Å². The van der Waals surface area contributed by atoms with Crippen LogP contribution in [0.15, 0.2) is 0 Å². The van der Waals surface area contributed by atoms with Gasteiger partial charge < -0.3 is 105 Å². The average molecular weight is 681 g/mol. The molecule has 4 rings (SSSR count). The van der Waals surface area contributed by atoms with Crippen molar-refractivity contribution in [1.82, 2.24) is 0 Å². The van der Waals surface area contributed by atoms with Crippen molar-refractivity contribution < 1.29 is 109 Å². The molecule has 4 aliphatic rings. The lowest BCUT2D eigenvalue weighted by atomic mass is 9.96. The standard InChI is InChI=1S/C24H40O22/c25-1-4-7(27)10(30)14(34)23(42-4)45-18-9(29)6(3-40-22-13(33)11(31)12(32)19(46-22)20(37)38)43-24(16(18)36)44-17-8(28)5(2-26)41-21(39)15(17)35/h4-19,21-36,39H,1-3H2,(H,37,38). The Morgan fingerprint density at radius 2 is 0.978 bits per heavy atom. The van der Waals surface area contributed by atoms with E-state index in [-0.39, 0.29) is 0 Å². The maximum atomic E-state index is 11.4. The number of ether oxygens (including phenoxy) is 7. The Bertz CT molecular complexity index is 990. The number of aliphatic carboxylic acids is 1. The number of hydrogen-bond acceptors (Lipinski definition) is 21. The Hall–Kier alpha value is -1.33. The van der Waals surface area contributed by atoms with Crippen LogP contribution in [0.25, 0.3) is 0 Å². The predicted molar refractivity (Wildman–Crippen MR) is 134 cm³/mol. The lowest BCUT2D eigenvalue weighted by Crippen LogP contribution is -2.67. The summed E-state index contributed by atoms with van der Waals surface area (Å²) in [5, 5.41) is 142. The summed E-state index contributed by atoms with van der Waals surface area (Å²) in [5.41, 5.74) is 0. The summed E-state index contributed by atoms with van der Waals surface area (Å²) < 4.78 is 37.1. The van der Waals surface area contributed by atoms with E-state index in [0.29, 0.717) is 0 Å². The zero-order chi connectivity index (χ0) is 34.2. The van der Waals surface area contributed by atoms with Crippen molar-refractivity contribution in [2.24, 2.45) is 0 Å². The van der Waals surface area contributed by atoms with E-state index in [1.165, 1.54) is 0 Å². The molecule has 22 nitrogen and oxygen atoms in total. The molecule has 22 heteroatoms. The predicted octanol–water partition coefficient (Wildman–Crippen LogP) is -9.66. The second-order valence-electron chi connectivity index (χ2n) is 11.2. The van der Waals surface area contributed by atoms with E-state index in [1.807, 2.05) is 0 Å². The van der Waals surface area contributed by atoms with Crippen molar-refractivity contribution in [3.05, 3.63) is 0 Å². The van der Waals surface area contributed by atoms with Crippen molar-refractivity contribution in [1.29, 1.82) is 0 Å². The van der Waals surface area contributed by atoms with E-state index in [2.05, 4.69) is 0 Å². The molecule has 0 aromatic rings. The molecule has 0 bridgehead atoms. The van der Waals surface area contributed by atoms with Gasteiger partial charge in [-0.15, -0.1) is 0 Å². The zero-order valence-corrected chi connectivity index (χ0v) is 23.7. The van der Waals surface area contributed by atoms with Gasteiger partial charge in [0.25, 0.3) is 0 Å². The van der Waals surface area contributed by atoms with Gasteiger partial charge in [0.15, 0.2) is 31.3 Å². The number of aliphatic hydroxyl groups is 13. The molecule has 0 saturated carbocycles. The minimum atomic E-state index is -2.12. The monoisotopic (exact) mass is 680 g/mol. The lowest BCUT2D eigenvalue weighted by molar-refractivity contribution is -0.383. The van der Waals surface area contributed by atoms with E-state index in [9.17, 15) is 76.3 Å². The SMILES string of the molecule is O=C(O)C1OC(OCC2OC(OC3C(O)C(O)OC(CO)C3O)C(O)C(OC3OC(CO)C(O)C(O)C3O)C2O)C(O)C(O)C1O. The molecule has 0 amide bonds. The third kappa shape index (κ3) is 7.46. The van der Waals surface area contributed by atoms with Crippen molar-refractivity contribution in [2.75, 3.05) is 19.8 Å². The van der Waals surface area contributed by atoms with Gasteiger partial charge in [0.2, 0.25) is 0 Å². The smallest absolute Gasteiger partial charge is 0.335 e. The van der Waals surface area contributed by atoms with Gasteiger partial charge >= 0.3 is 5.97 Å². The van der Waals surface area contributed by atoms with E-state index in [1.54, 1.807) is 0 Å². The van der Waals surface area contributed by atoms with Crippen molar-refractivity contribution >= 4 is 5.97 Å². The first-order chi connectivity index (χ1) is 21.6. The van der Waals surface area contributed by atoms with Gasteiger partial charge in [0.05, 0.1) is 19.8 Å². The molecule has 0 spiro atoms. The normalized spacial score (nSPS) is 51.9. The fourth-order valence-corrected chi connectivity index (χ4v) is 5.41. The molecule has 4 heterocycles. The van der Waals surface area contributed by atoms with E-state index in [4.69, 9.17) is 33.2 Å². The van der Waals surface area contributed by atoms with Crippen molar-refractivity contribution in [3.63, 3.8) is 0 Å². The molecule has 20 atom stereocenters. The van der Waals surface area contributed by atoms with Crippen LogP contribution in [0.3, 0.4) is 0 Å². The summed E-state index contributed by atoms with van der Waals surface area (Å²) in [6.07, 6.45) is -38.2. The third-order valence-corrected chi connectivity index (χ3v) is 8.15. The highest BCUT2D eigenvalue weighted by Gasteiger charge is 2.54. The van der Waals surface area contributed by atoms with Crippen LogP contribution in [0, 0.1) is 0 Å². The largest absolute Gasteiger partial charge is 0.479 e. The van der Waals surface area contributed by atoms with Crippen LogP contribution in [0.2, 0.25) is 0 Å². The van der Waals surface area contributed by atoms with Crippen LogP contribution in [-0.4, -0.2) is 220 Å². The molecule has 4 aliphatic heterocycles. The van der Waals surface area contributed by atoms with Gasteiger partial charge in [0.1, 0.15) is 91.6 Å². The Morgan fingerprint density at radius 3 is 1.57 bits per heavy atom. The Kier molecular flexibility index (Phi) is 12.6. The first kappa shape index (κ1) is 37.5. The number of carbonyl (C=O) groups is 1. The number of aliphatic hydroxyl groups excluding tert-OH is 13. The topological polar surface area (TPSA) is 365 Å². The minimum Gasteiger partial charge on any atom is -0.479 e. The van der Waals surface area contributed by atoms with Crippen LogP contribution >= 0.6 is 0 Å². The van der Waals surface area contributed by atoms with Crippen LogP contribution in [-0.2, 0) is 38.0 Å². The highest BCUT2D eigenvalue weighted by atomic mass is 16.8. The fourth-order valence-electron chi connectivity index (χ4n) is 5.41. The summed E-state index contributed by atoms with van der Waals surface area (Å²) in [4.78, 5) is 11.4. The molecular weight excluding hydrogens is 640 g/mol. The summed E-state index contributed by atoms with van der Waals surface area (Å²) in [5.74, 6) is -1.72. The van der Waals surface area contributed by atoms with E-state index in [0.717, 1.165) is 0 Å². The van der Waals surface area contributed by atoms with Gasteiger partial charge in [0, 0.05) is 0 Å². The van der Waals surface area contributed by atoms with Crippen LogP contribution in [0.1, 0.15) is 0 Å². The molecule has 268 valence electrons. The summed E-state index contributed by atoms with van der Waals surface area (Å²) in [7, 11) is 0. The number of carboxylic acids is 1. The highest BCUT2D eigenvalue weighted by molar-refractivity contribution is 5.73. The Balaban J connectivity index is 1.57. The molecule has 0 aliphatic carbocycles. The maximum Gasteiger partial charge on any atom is 0.335 e. The molecule has 4 fully saturated rings. The number of rotatable bonds is 10. The third-order valence-electron chi connectivity index (χ3n) is 8.15. The van der Waals surface area contributed by atoms with Gasteiger partial charge in [-0.3, -0.25) is 0 Å². The maximum absolute atomic E-state index is 11.4. The molecule has 0 radical (unpaired) electrons. The number of hydrogen-bond donors (Lipinski definition) is 14. The summed E-state index contributed by atoms with van der Waals surface area (Å²) >= 11 is 0. The molecular formula is C24H40O22. The molecule has 0 aromatic heterocycles. The number of carboxylic acid groups (broad SMARTS) is 1. The van der Waals surface area contributed by atoms with Gasteiger partial charge in [-0.1, -0.05) is 0 Å². The first-order valence-electron chi connectivity index (χ1n) is 14.1. The summed E-state index contributed by atoms with van der Waals surface area (Å²) in [6, 6.07) is 0. The Labute approximate surface area is 258 Å². The lowest BCUT2D eigenvalue weighted by Gasteiger charge is -2.48. The quantitative estimate of drug-likeness (QED) is 0.102. The molecule has 0 aromatic carbocycles. The average Bonchev–Trinajstić information content (AvgIpc) is 3.02. The van der Waals surface area contributed by atoms with Crippen molar-refractivity contribution in [2.45, 2.75) is 123 Å². The molecule has 4 saturated heterocycles. The molecule has 20 unspecified atom stereocenters. The van der Waals surface area contributed by atoms with E-state index < -0.39 is 149 Å². The van der Waals surface area contributed by atoms with Gasteiger partial charge in [-0.05, 0) is 0 Å². The zero-order valence-electron chi connectivity index (χ0n) is 23.7. The minimum absolute atomic E-state index is 0.849.